The lowest BCUT2D eigenvalue weighted by molar-refractivity contribution is 1.12. The van der Waals surface area contributed by atoms with Gasteiger partial charge in [-0.25, -0.2) is 0 Å². The fourth-order valence-corrected chi connectivity index (χ4v) is 2.22. The highest BCUT2D eigenvalue weighted by molar-refractivity contribution is 6.33. The Bertz CT molecular complexity index is 642. The van der Waals surface area contributed by atoms with Gasteiger partial charge in [-0.05, 0) is 54.8 Å². The molecule has 0 aliphatic heterocycles. The average Bonchev–Trinajstić information content (AvgIpc) is 2.39. The number of halogens is 1. The highest BCUT2D eigenvalue weighted by Crippen LogP contribution is 2.23. The van der Waals surface area contributed by atoms with Crippen LogP contribution in [-0.4, -0.2) is 0 Å². The van der Waals surface area contributed by atoms with E-state index in [2.05, 4.69) is 11.4 Å². The minimum absolute atomic E-state index is 0.689. The van der Waals surface area contributed by atoms with Crippen molar-refractivity contribution in [2.75, 3.05) is 5.32 Å². The highest BCUT2D eigenvalue weighted by Gasteiger charge is 2.03. The van der Waals surface area contributed by atoms with Crippen molar-refractivity contribution in [2.45, 2.75) is 20.4 Å². The third-order valence-electron chi connectivity index (χ3n) is 3.07. The molecule has 0 saturated carbocycles. The van der Waals surface area contributed by atoms with Crippen LogP contribution in [0.4, 0.5) is 5.69 Å². The van der Waals surface area contributed by atoms with Crippen LogP contribution in [0.1, 0.15) is 22.3 Å². The number of nitrogens with one attached hydrogen (secondary N) is 1. The summed E-state index contributed by atoms with van der Waals surface area (Å²) >= 11 is 6.18. The Morgan fingerprint density at radius 2 is 1.95 bits per heavy atom. The van der Waals surface area contributed by atoms with E-state index in [1.165, 1.54) is 0 Å². The SMILES string of the molecule is Cc1ccc(NCc2ccc(C#N)cc2C)c(Cl)c1. The van der Waals surface area contributed by atoms with Gasteiger partial charge < -0.3 is 5.32 Å². The summed E-state index contributed by atoms with van der Waals surface area (Å²) in [7, 11) is 0. The Morgan fingerprint density at radius 1 is 1.16 bits per heavy atom. The number of nitriles is 1. The number of nitrogens with zero attached hydrogens (tertiary/aromatic N) is 1. The van der Waals surface area contributed by atoms with Crippen LogP contribution in [0.5, 0.6) is 0 Å². The molecule has 2 rings (SSSR count). The molecule has 0 fully saturated rings. The van der Waals surface area contributed by atoms with Crippen molar-refractivity contribution in [1.29, 1.82) is 5.26 Å². The van der Waals surface area contributed by atoms with Gasteiger partial charge in [0, 0.05) is 6.54 Å². The van der Waals surface area contributed by atoms with Crippen LogP contribution in [0.15, 0.2) is 36.4 Å². The maximum Gasteiger partial charge on any atom is 0.0991 e. The van der Waals surface area contributed by atoms with E-state index >= 15 is 0 Å². The van der Waals surface area contributed by atoms with Crippen molar-refractivity contribution < 1.29 is 0 Å². The number of aryl methyl sites for hydroxylation is 2. The molecule has 2 nitrogen and oxygen atoms in total. The van der Waals surface area contributed by atoms with E-state index in [4.69, 9.17) is 16.9 Å². The van der Waals surface area contributed by atoms with E-state index in [9.17, 15) is 0 Å². The van der Waals surface area contributed by atoms with Gasteiger partial charge in [0.15, 0.2) is 0 Å². The summed E-state index contributed by atoms with van der Waals surface area (Å²) in [5.41, 5.74) is 5.03. The van der Waals surface area contributed by atoms with Crippen LogP contribution in [0, 0.1) is 25.2 Å². The Morgan fingerprint density at radius 3 is 2.58 bits per heavy atom. The first kappa shape index (κ1) is 13.5. The average molecular weight is 271 g/mol. The van der Waals surface area contributed by atoms with Crippen molar-refractivity contribution in [3.63, 3.8) is 0 Å². The van der Waals surface area contributed by atoms with Crippen LogP contribution in [0.3, 0.4) is 0 Å². The number of rotatable bonds is 3. The van der Waals surface area contributed by atoms with Crippen LogP contribution < -0.4 is 5.32 Å². The molecule has 0 saturated heterocycles. The van der Waals surface area contributed by atoms with Gasteiger partial charge in [-0.15, -0.1) is 0 Å². The molecule has 0 aliphatic carbocycles. The molecule has 19 heavy (non-hydrogen) atoms. The van der Waals surface area contributed by atoms with Gasteiger partial charge in [0.1, 0.15) is 0 Å². The van der Waals surface area contributed by atoms with E-state index in [1.54, 1.807) is 0 Å². The van der Waals surface area contributed by atoms with Crippen molar-refractivity contribution in [2.24, 2.45) is 0 Å². The summed E-state index contributed by atoms with van der Waals surface area (Å²) < 4.78 is 0. The van der Waals surface area contributed by atoms with E-state index in [-0.39, 0.29) is 0 Å². The first-order valence-corrected chi connectivity index (χ1v) is 6.47. The summed E-state index contributed by atoms with van der Waals surface area (Å²) in [6.07, 6.45) is 0. The first-order valence-electron chi connectivity index (χ1n) is 6.10. The van der Waals surface area contributed by atoms with Crippen molar-refractivity contribution in [1.82, 2.24) is 0 Å². The molecule has 0 atom stereocenters. The Kier molecular flexibility index (Phi) is 4.09. The second-order valence-corrected chi connectivity index (χ2v) is 5.00. The monoisotopic (exact) mass is 270 g/mol. The minimum Gasteiger partial charge on any atom is -0.380 e. The molecule has 0 bridgehead atoms. The van der Waals surface area contributed by atoms with Crippen LogP contribution in [0.25, 0.3) is 0 Å². The van der Waals surface area contributed by atoms with Gasteiger partial charge in [-0.1, -0.05) is 23.7 Å². The molecule has 0 aromatic heterocycles. The largest absolute Gasteiger partial charge is 0.380 e. The molecule has 0 aliphatic rings. The summed E-state index contributed by atoms with van der Waals surface area (Å²) in [4.78, 5) is 0. The van der Waals surface area contributed by atoms with Crippen molar-refractivity contribution in [3.05, 3.63) is 63.7 Å². The number of anilines is 1. The zero-order valence-corrected chi connectivity index (χ0v) is 11.8. The molecular formula is C16H15ClN2. The zero-order chi connectivity index (χ0) is 13.8. The van der Waals surface area contributed by atoms with Crippen LogP contribution in [0.2, 0.25) is 5.02 Å². The molecule has 1 N–H and O–H groups in total. The lowest BCUT2D eigenvalue weighted by Gasteiger charge is -2.11. The van der Waals surface area contributed by atoms with Crippen molar-refractivity contribution in [3.8, 4) is 6.07 Å². The third kappa shape index (κ3) is 3.27. The lowest BCUT2D eigenvalue weighted by atomic mass is 10.1. The lowest BCUT2D eigenvalue weighted by Crippen LogP contribution is -2.02. The number of hydrogen-bond donors (Lipinski definition) is 1. The molecule has 0 radical (unpaired) electrons. The first-order chi connectivity index (χ1) is 9.10. The summed E-state index contributed by atoms with van der Waals surface area (Å²) in [5, 5.41) is 12.9. The second-order valence-electron chi connectivity index (χ2n) is 4.59. The summed E-state index contributed by atoms with van der Waals surface area (Å²) in [6.45, 7) is 4.72. The summed E-state index contributed by atoms with van der Waals surface area (Å²) in [6, 6.07) is 13.8. The summed E-state index contributed by atoms with van der Waals surface area (Å²) in [5.74, 6) is 0. The van der Waals surface area contributed by atoms with E-state index in [1.807, 2.05) is 50.2 Å². The fourth-order valence-electron chi connectivity index (χ4n) is 1.92. The molecule has 0 spiro atoms. The van der Waals surface area contributed by atoms with Gasteiger partial charge in [-0.3, -0.25) is 0 Å². The predicted octanol–water partition coefficient (Wildman–Crippen LogP) is 4.44. The maximum absolute atomic E-state index is 8.84. The van der Waals surface area contributed by atoms with Gasteiger partial charge >= 0.3 is 0 Å². The quantitative estimate of drug-likeness (QED) is 0.895. The third-order valence-corrected chi connectivity index (χ3v) is 3.38. The van der Waals surface area contributed by atoms with E-state index < -0.39 is 0 Å². The van der Waals surface area contributed by atoms with E-state index in [0.717, 1.165) is 27.4 Å². The number of benzene rings is 2. The standard InChI is InChI=1S/C16H15ClN2/c1-11-3-6-16(15(17)7-11)19-10-14-5-4-13(9-18)8-12(14)2/h3-8,19H,10H2,1-2H3. The Balaban J connectivity index is 2.13. The van der Waals surface area contributed by atoms with Gasteiger partial charge in [0.05, 0.1) is 22.3 Å². The zero-order valence-electron chi connectivity index (χ0n) is 11.0. The second kappa shape index (κ2) is 5.77. The predicted molar refractivity (Wildman–Crippen MR) is 79.4 cm³/mol. The van der Waals surface area contributed by atoms with Crippen LogP contribution >= 0.6 is 11.6 Å². The molecule has 96 valence electrons. The molecule has 2 aromatic carbocycles. The Labute approximate surface area is 118 Å². The van der Waals surface area contributed by atoms with Gasteiger partial charge in [0.25, 0.3) is 0 Å². The van der Waals surface area contributed by atoms with Crippen molar-refractivity contribution >= 4 is 17.3 Å². The molecular weight excluding hydrogens is 256 g/mol. The van der Waals surface area contributed by atoms with Gasteiger partial charge in [-0.2, -0.15) is 5.26 Å². The molecule has 0 unspecified atom stereocenters. The molecule has 0 heterocycles. The van der Waals surface area contributed by atoms with E-state index in [0.29, 0.717) is 12.1 Å². The smallest absolute Gasteiger partial charge is 0.0991 e. The minimum atomic E-state index is 0.689. The molecule has 0 amide bonds. The normalized spacial score (nSPS) is 10.0. The topological polar surface area (TPSA) is 35.8 Å². The maximum atomic E-state index is 8.84. The number of hydrogen-bond acceptors (Lipinski definition) is 2. The van der Waals surface area contributed by atoms with Gasteiger partial charge in [0.2, 0.25) is 0 Å². The fraction of sp³-hybridized carbons (Fsp3) is 0.188. The highest BCUT2D eigenvalue weighted by atomic mass is 35.5. The molecule has 2 aromatic rings. The molecule has 3 heteroatoms. The Hall–Kier alpha value is -1.98. The van der Waals surface area contributed by atoms with Crippen LogP contribution in [-0.2, 0) is 6.54 Å².